The lowest BCUT2D eigenvalue weighted by molar-refractivity contribution is 0.103. The van der Waals surface area contributed by atoms with Crippen LogP contribution in [0.5, 0.6) is 11.5 Å². The highest BCUT2D eigenvalue weighted by Crippen LogP contribution is 2.31. The zero-order chi connectivity index (χ0) is 23.6. The van der Waals surface area contributed by atoms with E-state index in [2.05, 4.69) is 10.0 Å². The van der Waals surface area contributed by atoms with Gasteiger partial charge in [-0.05, 0) is 72.1 Å². The van der Waals surface area contributed by atoms with Crippen molar-refractivity contribution in [1.29, 1.82) is 0 Å². The van der Waals surface area contributed by atoms with E-state index >= 15 is 0 Å². The standard InChI is InChI=1S/C23H19FN2O5S2/c1-30-18-7-4-16(5-8-18)26-33(28,29)22-13-17(6-9-19(22)31-2)25-23(27)21-12-14-11-15(24)3-10-20(14)32-21/h3-13,26H,1-2H3,(H,25,27). The van der Waals surface area contributed by atoms with Gasteiger partial charge in [-0.15, -0.1) is 11.3 Å². The van der Waals surface area contributed by atoms with Crippen LogP contribution in [-0.2, 0) is 10.0 Å². The van der Waals surface area contributed by atoms with Crippen LogP contribution >= 0.6 is 11.3 Å². The van der Waals surface area contributed by atoms with Crippen molar-refractivity contribution in [2.45, 2.75) is 4.90 Å². The second-order valence-electron chi connectivity index (χ2n) is 6.95. The van der Waals surface area contributed by atoms with Gasteiger partial charge in [0.2, 0.25) is 0 Å². The first kappa shape index (κ1) is 22.6. The number of benzene rings is 3. The van der Waals surface area contributed by atoms with E-state index < -0.39 is 15.9 Å². The van der Waals surface area contributed by atoms with E-state index in [9.17, 15) is 17.6 Å². The monoisotopic (exact) mass is 486 g/mol. The second-order valence-corrected chi connectivity index (χ2v) is 9.68. The van der Waals surface area contributed by atoms with Gasteiger partial charge in [-0.1, -0.05) is 0 Å². The van der Waals surface area contributed by atoms with E-state index in [0.29, 0.717) is 21.7 Å². The molecule has 4 rings (SSSR count). The third-order valence-corrected chi connectivity index (χ3v) is 7.27. The van der Waals surface area contributed by atoms with Crippen LogP contribution in [0.2, 0.25) is 0 Å². The Balaban J connectivity index is 1.60. The number of carbonyl (C=O) groups excluding carboxylic acids is 1. The maximum Gasteiger partial charge on any atom is 0.265 e. The van der Waals surface area contributed by atoms with Crippen molar-refractivity contribution in [2.75, 3.05) is 24.3 Å². The van der Waals surface area contributed by atoms with Gasteiger partial charge in [-0.3, -0.25) is 9.52 Å². The Labute approximate surface area is 193 Å². The normalized spacial score (nSPS) is 11.2. The van der Waals surface area contributed by atoms with Crippen LogP contribution in [0, 0.1) is 5.82 Å². The van der Waals surface area contributed by atoms with Crippen LogP contribution < -0.4 is 19.5 Å². The van der Waals surface area contributed by atoms with Gasteiger partial charge in [0.15, 0.2) is 0 Å². The predicted molar refractivity (Wildman–Crippen MR) is 127 cm³/mol. The lowest BCUT2D eigenvalue weighted by atomic mass is 10.2. The first-order chi connectivity index (χ1) is 15.8. The molecule has 0 atom stereocenters. The summed E-state index contributed by atoms with van der Waals surface area (Å²) in [5, 5.41) is 3.31. The molecule has 7 nitrogen and oxygen atoms in total. The van der Waals surface area contributed by atoms with Gasteiger partial charge in [0.05, 0.1) is 19.1 Å². The number of fused-ring (bicyclic) bond motifs is 1. The number of hydrogen-bond donors (Lipinski definition) is 2. The number of halogens is 1. The molecule has 4 aromatic rings. The lowest BCUT2D eigenvalue weighted by Gasteiger charge is -2.14. The molecule has 1 amide bonds. The molecule has 33 heavy (non-hydrogen) atoms. The fourth-order valence-corrected chi connectivity index (χ4v) is 5.35. The average Bonchev–Trinajstić information content (AvgIpc) is 3.23. The molecule has 0 unspecified atom stereocenters. The SMILES string of the molecule is COc1ccc(NS(=O)(=O)c2cc(NC(=O)c3cc4cc(F)ccc4s3)ccc2OC)cc1. The Morgan fingerprint density at radius 3 is 2.33 bits per heavy atom. The van der Waals surface area contributed by atoms with Crippen LogP contribution in [0.4, 0.5) is 15.8 Å². The van der Waals surface area contributed by atoms with E-state index in [1.54, 1.807) is 36.4 Å². The van der Waals surface area contributed by atoms with Crippen LogP contribution in [0.1, 0.15) is 9.67 Å². The molecule has 0 spiro atoms. The molecule has 2 N–H and O–H groups in total. The molecule has 0 saturated carbocycles. The van der Waals surface area contributed by atoms with E-state index in [1.165, 1.54) is 55.9 Å². The smallest absolute Gasteiger partial charge is 0.265 e. The molecule has 10 heteroatoms. The first-order valence-electron chi connectivity index (χ1n) is 9.64. The van der Waals surface area contributed by atoms with E-state index in [4.69, 9.17) is 9.47 Å². The number of amides is 1. The number of rotatable bonds is 7. The van der Waals surface area contributed by atoms with Crippen LogP contribution in [0.15, 0.2) is 71.6 Å². The molecule has 0 aliphatic rings. The van der Waals surface area contributed by atoms with Gasteiger partial charge in [-0.2, -0.15) is 0 Å². The van der Waals surface area contributed by atoms with Crippen molar-refractivity contribution < 1.29 is 27.1 Å². The zero-order valence-corrected chi connectivity index (χ0v) is 19.2. The van der Waals surface area contributed by atoms with E-state index in [0.717, 1.165) is 4.70 Å². The summed E-state index contributed by atoms with van der Waals surface area (Å²) in [6, 6.07) is 16.6. The molecule has 1 aromatic heterocycles. The van der Waals surface area contributed by atoms with E-state index in [1.807, 2.05) is 0 Å². The minimum absolute atomic E-state index is 0.117. The molecule has 0 radical (unpaired) electrons. The lowest BCUT2D eigenvalue weighted by Crippen LogP contribution is -2.15. The summed E-state index contributed by atoms with van der Waals surface area (Å²) in [5.41, 5.74) is 0.601. The predicted octanol–water partition coefficient (Wildman–Crippen LogP) is 5.11. The average molecular weight is 487 g/mol. The molecular formula is C23H19FN2O5S2. The largest absolute Gasteiger partial charge is 0.497 e. The Morgan fingerprint density at radius 1 is 0.909 bits per heavy atom. The van der Waals surface area contributed by atoms with Crippen LogP contribution in [0.25, 0.3) is 10.1 Å². The highest BCUT2D eigenvalue weighted by Gasteiger charge is 2.21. The van der Waals surface area contributed by atoms with Crippen molar-refractivity contribution in [1.82, 2.24) is 0 Å². The fraction of sp³-hybridized carbons (Fsp3) is 0.0870. The molecule has 0 aliphatic heterocycles. The molecular weight excluding hydrogens is 467 g/mol. The maximum absolute atomic E-state index is 13.4. The minimum Gasteiger partial charge on any atom is -0.497 e. The highest BCUT2D eigenvalue weighted by molar-refractivity contribution is 7.92. The molecule has 0 saturated heterocycles. The third kappa shape index (κ3) is 4.91. The molecule has 170 valence electrons. The summed E-state index contributed by atoms with van der Waals surface area (Å²) in [7, 11) is -1.16. The number of nitrogens with one attached hydrogen (secondary N) is 2. The fourth-order valence-electron chi connectivity index (χ4n) is 3.15. The molecule has 3 aromatic carbocycles. The van der Waals surface area contributed by atoms with Gasteiger partial charge in [-0.25, -0.2) is 12.8 Å². The summed E-state index contributed by atoms with van der Waals surface area (Å²) >= 11 is 1.21. The maximum atomic E-state index is 13.4. The van der Waals surface area contributed by atoms with Gasteiger partial charge in [0.25, 0.3) is 15.9 Å². The van der Waals surface area contributed by atoms with Crippen molar-refractivity contribution >= 4 is 48.7 Å². The Bertz CT molecular complexity index is 1430. The van der Waals surface area contributed by atoms with Crippen molar-refractivity contribution in [3.8, 4) is 11.5 Å². The van der Waals surface area contributed by atoms with Crippen LogP contribution in [0.3, 0.4) is 0 Å². The number of hydrogen-bond acceptors (Lipinski definition) is 6. The number of anilines is 2. The Kier molecular flexibility index (Phi) is 6.21. The van der Waals surface area contributed by atoms with Gasteiger partial charge < -0.3 is 14.8 Å². The molecule has 0 aliphatic carbocycles. The second kappa shape index (κ2) is 9.08. The summed E-state index contributed by atoms with van der Waals surface area (Å²) in [6.07, 6.45) is 0. The van der Waals surface area contributed by atoms with E-state index in [-0.39, 0.29) is 22.1 Å². The minimum atomic E-state index is -4.03. The number of ether oxygens (including phenoxy) is 2. The Hall–Kier alpha value is -3.63. The number of thiophene rings is 1. The summed E-state index contributed by atoms with van der Waals surface area (Å²) in [4.78, 5) is 13.0. The van der Waals surface area contributed by atoms with Gasteiger partial charge >= 0.3 is 0 Å². The quantitative estimate of drug-likeness (QED) is 0.379. The third-order valence-electron chi connectivity index (χ3n) is 4.76. The zero-order valence-electron chi connectivity index (χ0n) is 17.6. The summed E-state index contributed by atoms with van der Waals surface area (Å²) in [5.74, 6) is -0.120. The van der Waals surface area contributed by atoms with Gasteiger partial charge in [0.1, 0.15) is 22.2 Å². The van der Waals surface area contributed by atoms with Gasteiger partial charge in [0, 0.05) is 16.1 Å². The highest BCUT2D eigenvalue weighted by atomic mass is 32.2. The molecule has 0 fully saturated rings. The first-order valence-corrected chi connectivity index (χ1v) is 11.9. The topological polar surface area (TPSA) is 93.7 Å². The van der Waals surface area contributed by atoms with Crippen molar-refractivity contribution in [2.24, 2.45) is 0 Å². The number of sulfonamides is 1. The Morgan fingerprint density at radius 2 is 1.64 bits per heavy atom. The summed E-state index contributed by atoms with van der Waals surface area (Å²) < 4.78 is 53.0. The summed E-state index contributed by atoms with van der Waals surface area (Å²) in [6.45, 7) is 0. The van der Waals surface area contributed by atoms with Crippen LogP contribution in [-0.4, -0.2) is 28.5 Å². The van der Waals surface area contributed by atoms with Crippen molar-refractivity contribution in [3.63, 3.8) is 0 Å². The number of methoxy groups -OCH3 is 2. The number of carbonyl (C=O) groups is 1. The van der Waals surface area contributed by atoms with Crippen molar-refractivity contribution in [3.05, 3.63) is 77.4 Å². The molecule has 0 bridgehead atoms. The molecule has 1 heterocycles.